The number of rotatable bonds is 2. The van der Waals surface area contributed by atoms with Crippen molar-refractivity contribution in [2.45, 2.75) is 47.6 Å². The Hall–Kier alpha value is -1.67. The lowest BCUT2D eigenvalue weighted by atomic mass is 10.2. The third-order valence-electron chi connectivity index (χ3n) is 2.24. The van der Waals surface area contributed by atoms with E-state index in [1.165, 1.54) is 11.1 Å². The molecule has 0 aliphatic rings. The van der Waals surface area contributed by atoms with Crippen molar-refractivity contribution in [2.75, 3.05) is 0 Å². The fourth-order valence-corrected chi connectivity index (χ4v) is 1.23. The molecule has 2 rings (SSSR count). The standard InChI is InChI=1S/2C7H9N.2C2H6/c1-2-7-3-5-8-6-4-7;8-6-7-4-2-1-3-5-7;2*1-2/h3-6H,2H2,1H3;1-5H,6,8H2;2*1-2H3. The van der Waals surface area contributed by atoms with Crippen LogP contribution in [0.15, 0.2) is 54.9 Å². The normalized spacial score (nSPS) is 7.90. The fraction of sp³-hybridized carbons (Fsp3) is 0.389. The van der Waals surface area contributed by atoms with Crippen molar-refractivity contribution in [1.82, 2.24) is 4.98 Å². The first kappa shape index (κ1) is 20.6. The Bertz CT molecular complexity index is 332. The molecule has 0 amide bonds. The van der Waals surface area contributed by atoms with Crippen molar-refractivity contribution < 1.29 is 0 Å². The van der Waals surface area contributed by atoms with Gasteiger partial charge in [-0.15, -0.1) is 0 Å². The van der Waals surface area contributed by atoms with Gasteiger partial charge in [-0.2, -0.15) is 0 Å². The number of aromatic nitrogens is 1. The maximum Gasteiger partial charge on any atom is 0.0270 e. The van der Waals surface area contributed by atoms with Crippen LogP contribution in [0.3, 0.4) is 0 Å². The predicted molar refractivity (Wildman–Crippen MR) is 90.6 cm³/mol. The van der Waals surface area contributed by atoms with Crippen LogP contribution in [-0.4, -0.2) is 4.98 Å². The molecule has 0 unspecified atom stereocenters. The monoisotopic (exact) mass is 274 g/mol. The minimum absolute atomic E-state index is 0.640. The van der Waals surface area contributed by atoms with E-state index in [4.69, 9.17) is 5.73 Å². The summed E-state index contributed by atoms with van der Waals surface area (Å²) in [7, 11) is 0. The molecule has 0 spiro atoms. The van der Waals surface area contributed by atoms with E-state index >= 15 is 0 Å². The Morgan fingerprint density at radius 2 is 1.30 bits per heavy atom. The van der Waals surface area contributed by atoms with E-state index in [2.05, 4.69) is 11.9 Å². The largest absolute Gasteiger partial charge is 0.326 e. The molecule has 0 aliphatic heterocycles. The molecule has 2 nitrogen and oxygen atoms in total. The van der Waals surface area contributed by atoms with Crippen molar-refractivity contribution >= 4 is 0 Å². The average Bonchev–Trinajstić information content (AvgIpc) is 2.60. The first-order valence-corrected chi connectivity index (χ1v) is 7.49. The van der Waals surface area contributed by atoms with Crippen molar-refractivity contribution in [1.29, 1.82) is 0 Å². The molecule has 2 N–H and O–H groups in total. The highest BCUT2D eigenvalue weighted by Crippen LogP contribution is 1.94. The molecule has 0 saturated heterocycles. The number of hydrogen-bond donors (Lipinski definition) is 1. The van der Waals surface area contributed by atoms with Crippen LogP contribution in [0.2, 0.25) is 0 Å². The quantitative estimate of drug-likeness (QED) is 0.851. The highest BCUT2D eigenvalue weighted by atomic mass is 14.6. The van der Waals surface area contributed by atoms with Gasteiger partial charge in [0.2, 0.25) is 0 Å². The first-order valence-electron chi connectivity index (χ1n) is 7.49. The van der Waals surface area contributed by atoms with Gasteiger partial charge in [-0.25, -0.2) is 0 Å². The molecule has 2 heteroatoms. The molecule has 2 aromatic rings. The van der Waals surface area contributed by atoms with Crippen LogP contribution < -0.4 is 5.73 Å². The summed E-state index contributed by atoms with van der Waals surface area (Å²) in [6, 6.07) is 14.0. The van der Waals surface area contributed by atoms with Gasteiger partial charge in [-0.1, -0.05) is 65.0 Å². The van der Waals surface area contributed by atoms with Gasteiger partial charge in [-0.05, 0) is 29.7 Å². The van der Waals surface area contributed by atoms with Crippen LogP contribution in [0, 0.1) is 0 Å². The molecular weight excluding hydrogens is 244 g/mol. The van der Waals surface area contributed by atoms with E-state index in [1.807, 2.05) is 82.6 Å². The van der Waals surface area contributed by atoms with Gasteiger partial charge in [0.05, 0.1) is 0 Å². The molecule has 0 bridgehead atoms. The minimum Gasteiger partial charge on any atom is -0.326 e. The second kappa shape index (κ2) is 17.3. The molecule has 1 aromatic carbocycles. The molecule has 0 aliphatic carbocycles. The fourth-order valence-electron chi connectivity index (χ4n) is 1.23. The summed E-state index contributed by atoms with van der Waals surface area (Å²) in [5.74, 6) is 0. The van der Waals surface area contributed by atoms with E-state index in [0.717, 1.165) is 6.42 Å². The smallest absolute Gasteiger partial charge is 0.0270 e. The third kappa shape index (κ3) is 11.4. The molecule has 0 atom stereocenters. The zero-order chi connectivity index (χ0) is 15.6. The van der Waals surface area contributed by atoms with Crippen LogP contribution in [0.5, 0.6) is 0 Å². The molecule has 0 radical (unpaired) electrons. The van der Waals surface area contributed by atoms with E-state index in [0.29, 0.717) is 6.54 Å². The molecule has 112 valence electrons. The van der Waals surface area contributed by atoms with Crippen molar-refractivity contribution in [3.05, 3.63) is 66.0 Å². The minimum atomic E-state index is 0.640. The second-order valence-electron chi connectivity index (χ2n) is 3.40. The van der Waals surface area contributed by atoms with Crippen LogP contribution in [0.1, 0.15) is 45.7 Å². The summed E-state index contributed by atoms with van der Waals surface area (Å²) < 4.78 is 0. The van der Waals surface area contributed by atoms with Crippen LogP contribution in [0.4, 0.5) is 0 Å². The Morgan fingerprint density at radius 1 is 0.800 bits per heavy atom. The Balaban J connectivity index is 0. The lowest BCUT2D eigenvalue weighted by Crippen LogP contribution is -1.94. The number of pyridine rings is 1. The molecule has 1 heterocycles. The van der Waals surface area contributed by atoms with Crippen molar-refractivity contribution in [3.63, 3.8) is 0 Å². The van der Waals surface area contributed by atoms with E-state index in [9.17, 15) is 0 Å². The zero-order valence-corrected chi connectivity index (χ0v) is 13.6. The number of benzene rings is 1. The average molecular weight is 274 g/mol. The van der Waals surface area contributed by atoms with Crippen LogP contribution in [-0.2, 0) is 13.0 Å². The molecule has 20 heavy (non-hydrogen) atoms. The predicted octanol–water partition coefficient (Wildman–Crippen LogP) is 4.84. The lowest BCUT2D eigenvalue weighted by molar-refractivity contribution is 1.07. The summed E-state index contributed by atoms with van der Waals surface area (Å²) in [5, 5.41) is 0. The summed E-state index contributed by atoms with van der Waals surface area (Å²) in [4.78, 5) is 3.89. The Kier molecular flexibility index (Phi) is 17.9. The number of hydrogen-bond acceptors (Lipinski definition) is 2. The SMILES string of the molecule is CC.CC.CCc1ccncc1.NCc1ccccc1. The zero-order valence-electron chi connectivity index (χ0n) is 13.6. The lowest BCUT2D eigenvalue weighted by Gasteiger charge is -1.90. The van der Waals surface area contributed by atoms with Gasteiger partial charge in [-0.3, -0.25) is 4.98 Å². The molecular formula is C18H30N2. The van der Waals surface area contributed by atoms with Crippen LogP contribution >= 0.6 is 0 Å². The maximum absolute atomic E-state index is 5.35. The summed E-state index contributed by atoms with van der Waals surface area (Å²) >= 11 is 0. The highest BCUT2D eigenvalue weighted by molar-refractivity contribution is 5.13. The molecule has 0 fully saturated rings. The topological polar surface area (TPSA) is 38.9 Å². The Labute approximate surface area is 125 Å². The van der Waals surface area contributed by atoms with Gasteiger partial charge >= 0.3 is 0 Å². The van der Waals surface area contributed by atoms with Gasteiger partial charge in [0.25, 0.3) is 0 Å². The Morgan fingerprint density at radius 3 is 1.60 bits per heavy atom. The van der Waals surface area contributed by atoms with Crippen molar-refractivity contribution in [2.24, 2.45) is 5.73 Å². The van der Waals surface area contributed by atoms with E-state index in [-0.39, 0.29) is 0 Å². The summed E-state index contributed by atoms with van der Waals surface area (Å²) in [5.41, 5.74) is 7.88. The van der Waals surface area contributed by atoms with Gasteiger partial charge < -0.3 is 5.73 Å². The first-order chi connectivity index (χ1) is 9.86. The van der Waals surface area contributed by atoms with Gasteiger partial charge in [0.15, 0.2) is 0 Å². The number of nitrogens with two attached hydrogens (primary N) is 1. The van der Waals surface area contributed by atoms with Gasteiger partial charge in [0, 0.05) is 18.9 Å². The van der Waals surface area contributed by atoms with E-state index < -0.39 is 0 Å². The number of aryl methyl sites for hydroxylation is 1. The summed E-state index contributed by atoms with van der Waals surface area (Å²) in [6.07, 6.45) is 4.74. The van der Waals surface area contributed by atoms with Crippen LogP contribution in [0.25, 0.3) is 0 Å². The number of nitrogens with zero attached hydrogens (tertiary/aromatic N) is 1. The summed E-state index contributed by atoms with van der Waals surface area (Å²) in [6.45, 7) is 10.8. The second-order valence-corrected chi connectivity index (χ2v) is 3.40. The van der Waals surface area contributed by atoms with Gasteiger partial charge in [0.1, 0.15) is 0 Å². The van der Waals surface area contributed by atoms with Crippen molar-refractivity contribution in [3.8, 4) is 0 Å². The molecule has 1 aromatic heterocycles. The third-order valence-corrected chi connectivity index (χ3v) is 2.24. The highest BCUT2D eigenvalue weighted by Gasteiger charge is 1.81. The maximum atomic E-state index is 5.35. The molecule has 0 saturated carbocycles. The van der Waals surface area contributed by atoms with E-state index in [1.54, 1.807) is 0 Å².